The van der Waals surface area contributed by atoms with Crippen molar-refractivity contribution in [1.82, 2.24) is 0 Å². The zero-order valence-electron chi connectivity index (χ0n) is 21.2. The first-order valence-electron chi connectivity index (χ1n) is 13.0. The van der Waals surface area contributed by atoms with Crippen molar-refractivity contribution in [3.8, 4) is 0 Å². The second kappa shape index (κ2) is 9.05. The van der Waals surface area contributed by atoms with Gasteiger partial charge in [-0.2, -0.15) is 0 Å². The maximum absolute atomic E-state index is 5.63. The highest BCUT2D eigenvalue weighted by molar-refractivity contribution is 6.62. The Morgan fingerprint density at radius 3 is 1.84 bits per heavy atom. The van der Waals surface area contributed by atoms with Gasteiger partial charge in [0.25, 0.3) is 0 Å². The fourth-order valence-electron chi connectivity index (χ4n) is 8.75. The Hall–Kier alpha value is -0.475. The Labute approximate surface area is 192 Å². The molecule has 176 valence electrons. The van der Waals surface area contributed by atoms with E-state index in [1.54, 1.807) is 7.11 Å². The Kier molecular flexibility index (Phi) is 6.91. The van der Waals surface area contributed by atoms with Crippen molar-refractivity contribution in [3.05, 3.63) is 12.3 Å². The molecule has 4 heteroatoms. The summed E-state index contributed by atoms with van der Waals surface area (Å²) in [7, 11) is 1.69. The van der Waals surface area contributed by atoms with Gasteiger partial charge in [0.1, 0.15) is 0 Å². The fraction of sp³-hybridized carbons (Fsp3) is 0.926. The molecular formula is C27H47BO3. The lowest BCUT2D eigenvalue weighted by Crippen LogP contribution is -2.59. The molecule has 0 aromatic heterocycles. The van der Waals surface area contributed by atoms with Gasteiger partial charge in [0.2, 0.25) is 0 Å². The third kappa shape index (κ3) is 4.14. The van der Waals surface area contributed by atoms with Crippen molar-refractivity contribution in [1.29, 1.82) is 0 Å². The van der Waals surface area contributed by atoms with Gasteiger partial charge in [-0.05, 0) is 59.2 Å². The van der Waals surface area contributed by atoms with E-state index in [2.05, 4.69) is 47.6 Å². The number of hydrogen-bond acceptors (Lipinski definition) is 3. The Balaban J connectivity index is 1.41. The third-order valence-corrected chi connectivity index (χ3v) is 11.1. The second-order valence-corrected chi connectivity index (χ2v) is 12.7. The highest BCUT2D eigenvalue weighted by Gasteiger charge is 2.61. The van der Waals surface area contributed by atoms with E-state index in [0.717, 1.165) is 53.9 Å². The van der Waals surface area contributed by atoms with Crippen LogP contribution in [-0.2, 0) is 14.2 Å². The van der Waals surface area contributed by atoms with Crippen molar-refractivity contribution >= 4 is 6.71 Å². The standard InChI is InChI=1S/C27H47BO3/c1-18-22-13-20(26(22,3)4)15-24(18)28(9-8-10-30-17-31-12-11-29-7)25-16-21-14-23(19(25)2)27(21,5)6/h8,10,18-25H,9,11-17H2,1-7H3/b10-8+/t18-,19-,20+,21+,22-,23-,24-,25-/m0/s1. The van der Waals surface area contributed by atoms with E-state index in [1.807, 2.05) is 6.26 Å². The summed E-state index contributed by atoms with van der Waals surface area (Å²) in [6, 6.07) is 0. The molecule has 0 aromatic rings. The number of fused-ring (bicyclic) bond motifs is 4. The summed E-state index contributed by atoms with van der Waals surface area (Å²) in [4.78, 5) is 0. The van der Waals surface area contributed by atoms with Gasteiger partial charge in [-0.15, -0.1) is 0 Å². The Morgan fingerprint density at radius 1 is 0.839 bits per heavy atom. The van der Waals surface area contributed by atoms with Gasteiger partial charge in [-0.25, -0.2) is 0 Å². The molecule has 4 bridgehead atoms. The molecule has 8 atom stereocenters. The number of methoxy groups -OCH3 is 1. The maximum atomic E-state index is 5.63. The van der Waals surface area contributed by atoms with Crippen molar-refractivity contribution in [2.24, 2.45) is 46.3 Å². The molecule has 0 amide bonds. The molecule has 0 unspecified atom stereocenters. The van der Waals surface area contributed by atoms with Crippen molar-refractivity contribution in [2.45, 2.75) is 85.2 Å². The van der Waals surface area contributed by atoms with E-state index >= 15 is 0 Å². The third-order valence-electron chi connectivity index (χ3n) is 11.1. The summed E-state index contributed by atoms with van der Waals surface area (Å²) in [6.45, 7) is 17.6. The molecule has 6 saturated carbocycles. The van der Waals surface area contributed by atoms with Crippen LogP contribution < -0.4 is 0 Å². The minimum atomic E-state index is 0.320. The summed E-state index contributed by atoms with van der Waals surface area (Å²) in [5.74, 6) is 7.22. The molecule has 0 radical (unpaired) electrons. The largest absolute Gasteiger partial charge is 0.476 e. The van der Waals surface area contributed by atoms with E-state index < -0.39 is 0 Å². The van der Waals surface area contributed by atoms with Crippen LogP contribution in [0.3, 0.4) is 0 Å². The smallest absolute Gasteiger partial charge is 0.188 e. The lowest BCUT2D eigenvalue weighted by atomic mass is 9.20. The predicted octanol–water partition coefficient (Wildman–Crippen LogP) is 6.78. The van der Waals surface area contributed by atoms with Crippen molar-refractivity contribution < 1.29 is 14.2 Å². The monoisotopic (exact) mass is 430 g/mol. The predicted molar refractivity (Wildman–Crippen MR) is 129 cm³/mol. The average molecular weight is 430 g/mol. The maximum Gasteiger partial charge on any atom is 0.188 e. The van der Waals surface area contributed by atoms with E-state index in [-0.39, 0.29) is 0 Å². The molecule has 0 aromatic carbocycles. The lowest BCUT2D eigenvalue weighted by Gasteiger charge is -2.66. The summed E-state index contributed by atoms with van der Waals surface area (Å²) < 4.78 is 16.1. The lowest BCUT2D eigenvalue weighted by molar-refractivity contribution is -0.107. The molecule has 0 aliphatic heterocycles. The fourth-order valence-corrected chi connectivity index (χ4v) is 8.75. The van der Waals surface area contributed by atoms with Crippen LogP contribution in [0.15, 0.2) is 12.3 Å². The Morgan fingerprint density at radius 2 is 1.39 bits per heavy atom. The Bertz CT molecular complexity index is 602. The number of ether oxygens (including phenoxy) is 3. The zero-order valence-corrected chi connectivity index (χ0v) is 21.2. The van der Waals surface area contributed by atoms with Gasteiger partial charge in [0.15, 0.2) is 13.5 Å². The summed E-state index contributed by atoms with van der Waals surface area (Å²) in [5, 5.41) is 0. The number of rotatable bonds is 10. The average Bonchev–Trinajstić information content (AvgIpc) is 2.73. The highest BCUT2D eigenvalue weighted by atomic mass is 16.7. The van der Waals surface area contributed by atoms with Crippen LogP contribution in [0.4, 0.5) is 0 Å². The summed E-state index contributed by atoms with van der Waals surface area (Å²) in [6.07, 6.45) is 11.2. The van der Waals surface area contributed by atoms with E-state index in [9.17, 15) is 0 Å². The second-order valence-electron chi connectivity index (χ2n) is 12.7. The van der Waals surface area contributed by atoms with Crippen LogP contribution >= 0.6 is 0 Å². The van der Waals surface area contributed by atoms with E-state index in [4.69, 9.17) is 14.2 Å². The molecule has 6 aliphatic rings. The van der Waals surface area contributed by atoms with Crippen LogP contribution in [-0.4, -0.2) is 33.8 Å². The molecule has 31 heavy (non-hydrogen) atoms. The van der Waals surface area contributed by atoms with Crippen LogP contribution in [0, 0.1) is 46.3 Å². The molecule has 0 saturated heterocycles. The molecule has 6 fully saturated rings. The highest BCUT2D eigenvalue weighted by Crippen LogP contribution is 2.69. The van der Waals surface area contributed by atoms with Gasteiger partial charge in [-0.3, -0.25) is 0 Å². The molecular weight excluding hydrogens is 383 g/mol. The van der Waals surface area contributed by atoms with Crippen LogP contribution in [0.5, 0.6) is 0 Å². The molecule has 6 aliphatic carbocycles. The van der Waals surface area contributed by atoms with Crippen LogP contribution in [0.2, 0.25) is 18.0 Å². The van der Waals surface area contributed by atoms with Crippen molar-refractivity contribution in [3.63, 3.8) is 0 Å². The molecule has 0 heterocycles. The first-order chi connectivity index (χ1) is 14.7. The van der Waals surface area contributed by atoms with Crippen LogP contribution in [0.1, 0.15) is 67.2 Å². The summed E-state index contributed by atoms with van der Waals surface area (Å²) in [5.41, 5.74) is 1.14. The SMILES string of the molecule is COCCOCO/C=C/CB([C@H]1C[C@H]2C[C@@H]([C@@H]1C)C2(C)C)[C@H]1C[C@H]2C[C@@H]([C@@H]1C)C2(C)C. The van der Waals surface area contributed by atoms with E-state index in [1.165, 1.54) is 32.0 Å². The van der Waals surface area contributed by atoms with Gasteiger partial charge in [-0.1, -0.05) is 78.4 Å². The van der Waals surface area contributed by atoms with Gasteiger partial charge in [0.05, 0.1) is 19.5 Å². The summed E-state index contributed by atoms with van der Waals surface area (Å²) >= 11 is 0. The molecule has 0 N–H and O–H groups in total. The van der Waals surface area contributed by atoms with Crippen molar-refractivity contribution in [2.75, 3.05) is 27.1 Å². The van der Waals surface area contributed by atoms with Gasteiger partial charge >= 0.3 is 0 Å². The minimum absolute atomic E-state index is 0.320. The minimum Gasteiger partial charge on any atom is -0.476 e. The van der Waals surface area contributed by atoms with E-state index in [0.29, 0.717) is 30.8 Å². The zero-order chi connectivity index (χ0) is 22.4. The first kappa shape index (κ1) is 23.7. The molecule has 0 spiro atoms. The number of hydrogen-bond donors (Lipinski definition) is 0. The molecule has 6 rings (SSSR count). The first-order valence-corrected chi connectivity index (χ1v) is 13.0. The topological polar surface area (TPSA) is 27.7 Å². The normalized spacial score (nSPS) is 42.0. The van der Waals surface area contributed by atoms with Crippen LogP contribution in [0.25, 0.3) is 0 Å². The number of allylic oxidation sites excluding steroid dienone is 1. The molecule has 3 nitrogen and oxygen atoms in total. The quantitative estimate of drug-likeness (QED) is 0.166. The van der Waals surface area contributed by atoms with Gasteiger partial charge in [0, 0.05) is 7.11 Å². The van der Waals surface area contributed by atoms with Gasteiger partial charge < -0.3 is 14.2 Å².